The fourth-order valence-electron chi connectivity index (χ4n) is 3.60. The Morgan fingerprint density at radius 3 is 2.56 bits per heavy atom. The van der Waals surface area contributed by atoms with Crippen LogP contribution in [0.5, 0.6) is 5.75 Å². The van der Waals surface area contributed by atoms with Crippen molar-refractivity contribution in [1.82, 2.24) is 14.6 Å². The van der Waals surface area contributed by atoms with Gasteiger partial charge in [-0.2, -0.15) is 4.37 Å². The van der Waals surface area contributed by atoms with E-state index in [1.807, 2.05) is 54.6 Å². The van der Waals surface area contributed by atoms with Crippen LogP contribution in [0.25, 0.3) is 0 Å². The molecule has 2 heterocycles. The topological polar surface area (TPSA) is 101 Å². The molecule has 32 heavy (non-hydrogen) atoms. The molecule has 3 N–H and O–H groups in total. The lowest BCUT2D eigenvalue weighted by Crippen LogP contribution is -2.48. The number of benzene rings is 2. The molecule has 3 aromatic rings. The number of nitrogens with one attached hydrogen (secondary N) is 1. The third-order valence-corrected chi connectivity index (χ3v) is 6.27. The molecule has 166 valence electrons. The first kappa shape index (κ1) is 21.6. The lowest BCUT2D eigenvalue weighted by atomic mass is 10.2. The second-order valence-electron chi connectivity index (χ2n) is 7.42. The normalized spacial score (nSPS) is 13.7. The van der Waals surface area contributed by atoms with Gasteiger partial charge in [-0.15, -0.1) is 0 Å². The van der Waals surface area contributed by atoms with Crippen molar-refractivity contribution in [2.24, 2.45) is 0 Å². The highest BCUT2D eigenvalue weighted by molar-refractivity contribution is 7.09. The molecule has 0 bridgehead atoms. The van der Waals surface area contributed by atoms with E-state index in [0.29, 0.717) is 37.6 Å². The molecular weight excluding hydrogens is 426 g/mol. The number of aromatic nitrogens is 1. The van der Waals surface area contributed by atoms with Crippen molar-refractivity contribution >= 4 is 34.7 Å². The van der Waals surface area contributed by atoms with E-state index < -0.39 is 0 Å². The first-order valence-corrected chi connectivity index (χ1v) is 11.1. The van der Waals surface area contributed by atoms with Crippen LogP contribution >= 0.6 is 11.5 Å². The number of hydrogen-bond acceptors (Lipinski definition) is 7. The van der Waals surface area contributed by atoms with E-state index in [1.54, 1.807) is 12.0 Å². The summed E-state index contributed by atoms with van der Waals surface area (Å²) in [4.78, 5) is 29.8. The van der Waals surface area contributed by atoms with E-state index in [4.69, 9.17) is 10.5 Å². The largest absolute Gasteiger partial charge is 0.497 e. The molecular formula is C23H25N5O3S. The maximum Gasteiger partial charge on any atom is 0.273 e. The molecule has 0 radical (unpaired) electrons. The Kier molecular flexibility index (Phi) is 6.55. The molecule has 1 aromatic heterocycles. The summed E-state index contributed by atoms with van der Waals surface area (Å²) in [6, 6.07) is 17.4. The maximum absolute atomic E-state index is 13.0. The van der Waals surface area contributed by atoms with Crippen LogP contribution in [0.1, 0.15) is 25.7 Å². The summed E-state index contributed by atoms with van der Waals surface area (Å²) < 4.78 is 9.46. The van der Waals surface area contributed by atoms with Crippen LogP contribution in [-0.2, 0) is 6.54 Å². The van der Waals surface area contributed by atoms with Gasteiger partial charge >= 0.3 is 0 Å². The Labute approximate surface area is 190 Å². The fraction of sp³-hybridized carbons (Fsp3) is 0.261. The number of nitrogen functional groups attached to an aromatic ring is 1. The van der Waals surface area contributed by atoms with Crippen molar-refractivity contribution in [3.63, 3.8) is 0 Å². The number of carbonyl (C=O) groups excluding carboxylic acids is 2. The molecule has 0 atom stereocenters. The predicted octanol–water partition coefficient (Wildman–Crippen LogP) is 2.63. The summed E-state index contributed by atoms with van der Waals surface area (Å²) >= 11 is 0.973. The van der Waals surface area contributed by atoms with Crippen LogP contribution < -0.4 is 20.7 Å². The third kappa shape index (κ3) is 4.67. The molecule has 9 heteroatoms. The highest BCUT2D eigenvalue weighted by Gasteiger charge is 2.28. The van der Waals surface area contributed by atoms with E-state index in [9.17, 15) is 9.59 Å². The van der Waals surface area contributed by atoms with Gasteiger partial charge in [0.05, 0.1) is 12.8 Å². The Bertz CT molecular complexity index is 1090. The quantitative estimate of drug-likeness (QED) is 0.598. The van der Waals surface area contributed by atoms with Gasteiger partial charge in [-0.05, 0) is 29.2 Å². The van der Waals surface area contributed by atoms with Gasteiger partial charge in [0.25, 0.3) is 11.8 Å². The number of nitrogens with zero attached hydrogens (tertiary/aromatic N) is 3. The van der Waals surface area contributed by atoms with Gasteiger partial charge in [0.15, 0.2) is 5.69 Å². The van der Waals surface area contributed by atoms with Crippen molar-refractivity contribution in [3.8, 4) is 5.75 Å². The molecule has 1 aliphatic heterocycles. The molecule has 2 amide bonds. The number of methoxy groups -OCH3 is 1. The zero-order chi connectivity index (χ0) is 22.5. The second kappa shape index (κ2) is 9.69. The molecule has 1 fully saturated rings. The van der Waals surface area contributed by atoms with Gasteiger partial charge in [0.2, 0.25) is 0 Å². The smallest absolute Gasteiger partial charge is 0.273 e. The van der Waals surface area contributed by atoms with Gasteiger partial charge in [-0.3, -0.25) is 9.59 Å². The average Bonchev–Trinajstić information content (AvgIpc) is 3.24. The van der Waals surface area contributed by atoms with E-state index in [2.05, 4.69) is 14.6 Å². The van der Waals surface area contributed by atoms with Gasteiger partial charge in [0, 0.05) is 44.5 Å². The predicted molar refractivity (Wildman–Crippen MR) is 125 cm³/mol. The third-order valence-electron chi connectivity index (χ3n) is 5.42. The van der Waals surface area contributed by atoms with Gasteiger partial charge in [-0.25, -0.2) is 0 Å². The van der Waals surface area contributed by atoms with E-state index in [0.717, 1.165) is 28.5 Å². The first-order valence-electron chi connectivity index (χ1n) is 10.3. The summed E-state index contributed by atoms with van der Waals surface area (Å²) in [7, 11) is 1.64. The Balaban J connectivity index is 1.37. The van der Waals surface area contributed by atoms with Crippen LogP contribution in [-0.4, -0.2) is 54.4 Å². The van der Waals surface area contributed by atoms with E-state index in [-0.39, 0.29) is 23.2 Å². The van der Waals surface area contributed by atoms with Crippen molar-refractivity contribution in [2.75, 3.05) is 43.9 Å². The second-order valence-corrected chi connectivity index (χ2v) is 8.20. The highest BCUT2D eigenvalue weighted by atomic mass is 32.1. The molecule has 0 unspecified atom stereocenters. The molecule has 2 aromatic carbocycles. The average molecular weight is 452 g/mol. The molecule has 1 aliphatic rings. The minimum Gasteiger partial charge on any atom is -0.497 e. The summed E-state index contributed by atoms with van der Waals surface area (Å²) in [5, 5.41) is 2.80. The summed E-state index contributed by atoms with van der Waals surface area (Å²) in [6.07, 6.45) is 0. The number of nitrogens with two attached hydrogens (primary N) is 1. The standard InChI is InChI=1S/C23H25N5O3S/c1-31-18-9-5-8-17(14-18)27-10-12-28(13-11-27)23(30)21-19(24)20(26-32-21)22(29)25-15-16-6-3-2-4-7-16/h2-9,14H,10-13,15,24H2,1H3,(H,25,29). The monoisotopic (exact) mass is 451 g/mol. The number of anilines is 2. The van der Waals surface area contributed by atoms with Crippen LogP contribution in [0, 0.1) is 0 Å². The van der Waals surface area contributed by atoms with Crippen LogP contribution in [0.4, 0.5) is 11.4 Å². The molecule has 0 spiro atoms. The Hall–Kier alpha value is -3.59. The SMILES string of the molecule is COc1cccc(N2CCN(C(=O)c3snc(C(=O)NCc4ccccc4)c3N)CC2)c1. The van der Waals surface area contributed by atoms with Crippen LogP contribution in [0.2, 0.25) is 0 Å². The number of piperazine rings is 1. The zero-order valence-electron chi connectivity index (χ0n) is 17.8. The number of hydrogen-bond donors (Lipinski definition) is 2. The maximum atomic E-state index is 13.0. The molecule has 8 nitrogen and oxygen atoms in total. The van der Waals surface area contributed by atoms with Crippen molar-refractivity contribution in [2.45, 2.75) is 6.54 Å². The number of carbonyl (C=O) groups is 2. The molecule has 4 rings (SSSR count). The molecule has 0 aliphatic carbocycles. The summed E-state index contributed by atoms with van der Waals surface area (Å²) in [5.74, 6) is 0.230. The minimum absolute atomic E-state index is 0.101. The van der Waals surface area contributed by atoms with Crippen LogP contribution in [0.3, 0.4) is 0 Å². The number of ether oxygens (including phenoxy) is 1. The zero-order valence-corrected chi connectivity index (χ0v) is 18.6. The fourth-order valence-corrected chi connectivity index (χ4v) is 4.36. The van der Waals surface area contributed by atoms with Crippen LogP contribution in [0.15, 0.2) is 54.6 Å². The Morgan fingerprint density at radius 2 is 1.84 bits per heavy atom. The van der Waals surface area contributed by atoms with E-state index in [1.165, 1.54) is 0 Å². The van der Waals surface area contributed by atoms with Gasteiger partial charge < -0.3 is 25.6 Å². The van der Waals surface area contributed by atoms with Crippen molar-refractivity contribution < 1.29 is 14.3 Å². The molecule has 0 saturated carbocycles. The lowest BCUT2D eigenvalue weighted by Gasteiger charge is -2.36. The summed E-state index contributed by atoms with van der Waals surface area (Å²) in [6.45, 7) is 2.88. The van der Waals surface area contributed by atoms with Crippen molar-refractivity contribution in [1.29, 1.82) is 0 Å². The first-order chi connectivity index (χ1) is 15.6. The summed E-state index contributed by atoms with van der Waals surface area (Å²) in [5.41, 5.74) is 8.42. The minimum atomic E-state index is -0.385. The number of amides is 2. The van der Waals surface area contributed by atoms with E-state index >= 15 is 0 Å². The van der Waals surface area contributed by atoms with Gasteiger partial charge in [-0.1, -0.05) is 36.4 Å². The lowest BCUT2D eigenvalue weighted by molar-refractivity contribution is 0.0752. The molecule has 1 saturated heterocycles. The van der Waals surface area contributed by atoms with Gasteiger partial charge in [0.1, 0.15) is 10.6 Å². The Morgan fingerprint density at radius 1 is 1.09 bits per heavy atom. The van der Waals surface area contributed by atoms with Crippen molar-refractivity contribution in [3.05, 3.63) is 70.7 Å². The highest BCUT2D eigenvalue weighted by Crippen LogP contribution is 2.26. The number of rotatable bonds is 6.